The normalized spacial score (nSPS) is 12.4. The minimum Gasteiger partial charge on any atom is -0.496 e. The Morgan fingerprint density at radius 2 is 1.95 bits per heavy atom. The zero-order valence-corrected chi connectivity index (χ0v) is 13.2. The second kappa shape index (κ2) is 6.91. The predicted molar refractivity (Wildman–Crippen MR) is 76.4 cm³/mol. The third kappa shape index (κ3) is 3.70. The summed E-state index contributed by atoms with van der Waals surface area (Å²) in [6.07, 6.45) is -1.34. The zero-order chi connectivity index (χ0) is 14.6. The number of carbonyl (C=O) groups excluding carboxylic acids is 1. The highest BCUT2D eigenvalue weighted by Crippen LogP contribution is 2.37. The lowest BCUT2D eigenvalue weighted by Crippen LogP contribution is -2.17. The minimum atomic E-state index is -1.34. The molecule has 1 rings (SSSR count). The average Bonchev–Trinajstić information content (AvgIpc) is 2.36. The van der Waals surface area contributed by atoms with Crippen LogP contribution in [0.5, 0.6) is 5.75 Å². The number of hydrogen-bond donors (Lipinski definition) is 1. The Labute approximate surface area is 121 Å². The number of halogens is 1. The third-order valence-corrected chi connectivity index (χ3v) is 3.20. The second-order valence-corrected chi connectivity index (χ2v) is 5.34. The maximum atomic E-state index is 11.7. The molecular weight excluding hydrogens is 312 g/mol. The number of aliphatic hydroxyl groups excluding tert-OH is 1. The van der Waals surface area contributed by atoms with Gasteiger partial charge in [0.25, 0.3) is 0 Å². The number of methoxy groups -OCH3 is 1. The predicted octanol–water partition coefficient (Wildman–Crippen LogP) is 3.18. The van der Waals surface area contributed by atoms with E-state index in [1.165, 1.54) is 7.11 Å². The van der Waals surface area contributed by atoms with Crippen molar-refractivity contribution < 1.29 is 19.4 Å². The highest BCUT2D eigenvalue weighted by atomic mass is 79.9. The largest absolute Gasteiger partial charge is 0.496 e. The van der Waals surface area contributed by atoms with E-state index in [0.29, 0.717) is 11.3 Å². The fourth-order valence-corrected chi connectivity index (χ4v) is 2.35. The van der Waals surface area contributed by atoms with E-state index >= 15 is 0 Å². The Kier molecular flexibility index (Phi) is 5.82. The Hall–Kier alpha value is -1.07. The van der Waals surface area contributed by atoms with Crippen LogP contribution in [-0.4, -0.2) is 24.8 Å². The van der Waals surface area contributed by atoms with Gasteiger partial charge >= 0.3 is 5.97 Å². The average molecular weight is 331 g/mol. The van der Waals surface area contributed by atoms with Crippen LogP contribution in [0.25, 0.3) is 0 Å². The van der Waals surface area contributed by atoms with Crippen LogP contribution in [-0.2, 0) is 9.53 Å². The SMILES string of the molecule is CCOC(=O)C(O)c1cc(Br)cc(C(C)C)c1OC. The summed E-state index contributed by atoms with van der Waals surface area (Å²) in [7, 11) is 1.52. The van der Waals surface area contributed by atoms with Crippen molar-refractivity contribution in [3.05, 3.63) is 27.7 Å². The first-order valence-corrected chi connectivity index (χ1v) is 6.93. The van der Waals surface area contributed by atoms with Crippen LogP contribution in [0.15, 0.2) is 16.6 Å². The summed E-state index contributed by atoms with van der Waals surface area (Å²) in [6.45, 7) is 5.96. The van der Waals surface area contributed by atoms with Crippen molar-refractivity contribution in [1.29, 1.82) is 0 Å². The van der Waals surface area contributed by atoms with Gasteiger partial charge in [0.1, 0.15) is 5.75 Å². The van der Waals surface area contributed by atoms with Crippen molar-refractivity contribution in [2.75, 3.05) is 13.7 Å². The van der Waals surface area contributed by atoms with Crippen LogP contribution in [0.2, 0.25) is 0 Å². The summed E-state index contributed by atoms with van der Waals surface area (Å²) in [5, 5.41) is 10.1. The molecule has 0 aromatic heterocycles. The lowest BCUT2D eigenvalue weighted by molar-refractivity contribution is -0.153. The molecule has 1 atom stereocenters. The molecule has 1 aromatic carbocycles. The second-order valence-electron chi connectivity index (χ2n) is 4.43. The Morgan fingerprint density at radius 1 is 1.37 bits per heavy atom. The molecule has 0 saturated heterocycles. The molecule has 1 aromatic rings. The van der Waals surface area contributed by atoms with E-state index in [-0.39, 0.29) is 12.5 Å². The Bertz CT molecular complexity index is 457. The van der Waals surface area contributed by atoms with Crippen LogP contribution in [0.1, 0.15) is 43.9 Å². The number of aliphatic hydroxyl groups is 1. The van der Waals surface area contributed by atoms with Crippen LogP contribution in [0.3, 0.4) is 0 Å². The van der Waals surface area contributed by atoms with E-state index in [2.05, 4.69) is 15.9 Å². The van der Waals surface area contributed by atoms with E-state index in [4.69, 9.17) is 9.47 Å². The topological polar surface area (TPSA) is 55.8 Å². The summed E-state index contributed by atoms with van der Waals surface area (Å²) in [4.78, 5) is 11.7. The van der Waals surface area contributed by atoms with E-state index < -0.39 is 12.1 Å². The number of rotatable bonds is 5. The van der Waals surface area contributed by atoms with Crippen molar-refractivity contribution in [1.82, 2.24) is 0 Å². The quantitative estimate of drug-likeness (QED) is 0.842. The molecule has 0 amide bonds. The smallest absolute Gasteiger partial charge is 0.339 e. The van der Waals surface area contributed by atoms with Gasteiger partial charge in [0.15, 0.2) is 6.10 Å². The molecule has 0 saturated carbocycles. The molecule has 0 fully saturated rings. The van der Waals surface area contributed by atoms with E-state index in [1.807, 2.05) is 19.9 Å². The number of hydrogen-bond acceptors (Lipinski definition) is 4. The standard InChI is InChI=1S/C14H19BrO4/c1-5-19-14(17)12(16)11-7-9(15)6-10(8(2)3)13(11)18-4/h6-8,12,16H,5H2,1-4H3. The fraction of sp³-hybridized carbons (Fsp3) is 0.500. The zero-order valence-electron chi connectivity index (χ0n) is 11.6. The Morgan fingerprint density at radius 3 is 2.42 bits per heavy atom. The maximum absolute atomic E-state index is 11.7. The molecule has 0 heterocycles. The molecule has 19 heavy (non-hydrogen) atoms. The summed E-state index contributed by atoms with van der Waals surface area (Å²) in [6, 6.07) is 3.59. The van der Waals surface area contributed by atoms with Gasteiger partial charge in [0.2, 0.25) is 0 Å². The number of ether oxygens (including phenoxy) is 2. The molecule has 0 bridgehead atoms. The van der Waals surface area contributed by atoms with E-state index in [9.17, 15) is 9.90 Å². The minimum absolute atomic E-state index is 0.209. The lowest BCUT2D eigenvalue weighted by Gasteiger charge is -2.19. The van der Waals surface area contributed by atoms with Crippen molar-refractivity contribution in [3.8, 4) is 5.75 Å². The summed E-state index contributed by atoms with van der Waals surface area (Å²) < 4.78 is 11.0. The first-order valence-electron chi connectivity index (χ1n) is 6.14. The van der Waals surface area contributed by atoms with E-state index in [0.717, 1.165) is 10.0 Å². The Balaban J connectivity index is 3.29. The highest BCUT2D eigenvalue weighted by molar-refractivity contribution is 9.10. The molecule has 106 valence electrons. The molecule has 1 N–H and O–H groups in total. The van der Waals surface area contributed by atoms with Crippen molar-refractivity contribution in [2.45, 2.75) is 32.8 Å². The number of esters is 1. The van der Waals surface area contributed by atoms with Gasteiger partial charge in [0, 0.05) is 10.0 Å². The van der Waals surface area contributed by atoms with Gasteiger partial charge in [-0.15, -0.1) is 0 Å². The van der Waals surface area contributed by atoms with Gasteiger partial charge in [-0.2, -0.15) is 0 Å². The first kappa shape index (κ1) is 16.0. The molecule has 0 aliphatic heterocycles. The monoisotopic (exact) mass is 330 g/mol. The maximum Gasteiger partial charge on any atom is 0.339 e. The molecule has 4 nitrogen and oxygen atoms in total. The highest BCUT2D eigenvalue weighted by Gasteiger charge is 2.25. The first-order chi connectivity index (χ1) is 8.92. The van der Waals surface area contributed by atoms with Crippen molar-refractivity contribution in [2.24, 2.45) is 0 Å². The molecule has 1 unspecified atom stereocenters. The fourth-order valence-electron chi connectivity index (χ4n) is 1.85. The molecule has 0 spiro atoms. The molecule has 0 radical (unpaired) electrons. The van der Waals surface area contributed by atoms with Gasteiger partial charge in [-0.3, -0.25) is 0 Å². The van der Waals surface area contributed by atoms with Gasteiger partial charge in [-0.05, 0) is 30.5 Å². The molecule has 0 aliphatic rings. The lowest BCUT2D eigenvalue weighted by atomic mass is 9.96. The van der Waals surface area contributed by atoms with Crippen LogP contribution >= 0.6 is 15.9 Å². The number of benzene rings is 1. The van der Waals surface area contributed by atoms with Gasteiger partial charge in [0.05, 0.1) is 13.7 Å². The summed E-state index contributed by atoms with van der Waals surface area (Å²) in [5.74, 6) is 0.0629. The van der Waals surface area contributed by atoms with Gasteiger partial charge in [-0.25, -0.2) is 4.79 Å². The number of carbonyl (C=O) groups is 1. The van der Waals surface area contributed by atoms with Crippen molar-refractivity contribution >= 4 is 21.9 Å². The van der Waals surface area contributed by atoms with Crippen LogP contribution < -0.4 is 4.74 Å². The van der Waals surface area contributed by atoms with Crippen LogP contribution in [0.4, 0.5) is 0 Å². The van der Waals surface area contributed by atoms with Crippen molar-refractivity contribution in [3.63, 3.8) is 0 Å². The summed E-state index contributed by atoms with van der Waals surface area (Å²) in [5.41, 5.74) is 1.34. The third-order valence-electron chi connectivity index (χ3n) is 2.74. The van der Waals surface area contributed by atoms with Gasteiger partial charge in [-0.1, -0.05) is 29.8 Å². The molecular formula is C14H19BrO4. The van der Waals surface area contributed by atoms with Crippen LogP contribution in [0, 0.1) is 0 Å². The van der Waals surface area contributed by atoms with E-state index in [1.54, 1.807) is 13.0 Å². The molecule has 0 aliphatic carbocycles. The summed E-state index contributed by atoms with van der Waals surface area (Å²) >= 11 is 3.38. The van der Waals surface area contributed by atoms with Gasteiger partial charge < -0.3 is 14.6 Å². The molecule has 5 heteroatoms.